The standard InChI is InChI=1S/C22H28N2O5/c1-29-21(27)8-3-2-4-11-23-12-13-24(15-20(23)26)22(28)17-9-10-18-16(14-17)6-5-7-19(18)25/h9-10,14H,2-8,11-13,15H2,1H3. The number of ketones is 1. The van der Waals surface area contributed by atoms with Crippen LogP contribution in [0, 0.1) is 0 Å². The molecule has 1 saturated heterocycles. The number of carbonyl (C=O) groups is 4. The van der Waals surface area contributed by atoms with Crippen LogP contribution in [-0.2, 0) is 20.7 Å². The highest BCUT2D eigenvalue weighted by atomic mass is 16.5. The predicted octanol–water partition coefficient (Wildman–Crippen LogP) is 2.22. The molecule has 0 N–H and O–H groups in total. The van der Waals surface area contributed by atoms with Crippen LogP contribution in [0.3, 0.4) is 0 Å². The Morgan fingerprint density at radius 1 is 1.07 bits per heavy atom. The number of hydrogen-bond donors (Lipinski definition) is 0. The third kappa shape index (κ3) is 5.22. The summed E-state index contributed by atoms with van der Waals surface area (Å²) in [6.07, 6.45) is 5.04. The van der Waals surface area contributed by atoms with E-state index >= 15 is 0 Å². The molecule has 0 spiro atoms. The van der Waals surface area contributed by atoms with Crippen molar-refractivity contribution < 1.29 is 23.9 Å². The topological polar surface area (TPSA) is 84.0 Å². The molecule has 0 aromatic heterocycles. The first-order valence-electron chi connectivity index (χ1n) is 10.3. The van der Waals surface area contributed by atoms with Crippen LogP contribution in [0.4, 0.5) is 0 Å². The van der Waals surface area contributed by atoms with E-state index in [2.05, 4.69) is 4.74 Å². The fourth-order valence-corrected chi connectivity index (χ4v) is 3.93. The Labute approximate surface area is 171 Å². The molecule has 29 heavy (non-hydrogen) atoms. The Morgan fingerprint density at radius 2 is 1.90 bits per heavy atom. The van der Waals surface area contributed by atoms with Crippen LogP contribution in [0.15, 0.2) is 18.2 Å². The fraction of sp³-hybridized carbons (Fsp3) is 0.545. The van der Waals surface area contributed by atoms with Gasteiger partial charge in [-0.05, 0) is 43.4 Å². The molecule has 156 valence electrons. The van der Waals surface area contributed by atoms with E-state index in [0.717, 1.165) is 43.2 Å². The van der Waals surface area contributed by atoms with E-state index in [1.165, 1.54) is 7.11 Å². The van der Waals surface area contributed by atoms with E-state index in [1.807, 2.05) is 6.07 Å². The summed E-state index contributed by atoms with van der Waals surface area (Å²) in [5, 5.41) is 0. The van der Waals surface area contributed by atoms with Crippen LogP contribution >= 0.6 is 0 Å². The molecule has 0 atom stereocenters. The fourth-order valence-electron chi connectivity index (χ4n) is 3.93. The molecular formula is C22H28N2O5. The zero-order valence-corrected chi connectivity index (χ0v) is 16.9. The SMILES string of the molecule is COC(=O)CCCCCN1CCN(C(=O)c2ccc3c(c2)CCCC3=O)CC1=O. The van der Waals surface area contributed by atoms with Gasteiger partial charge in [0.2, 0.25) is 5.91 Å². The largest absolute Gasteiger partial charge is 0.469 e. The summed E-state index contributed by atoms with van der Waals surface area (Å²) in [5.41, 5.74) is 2.20. The molecule has 1 aliphatic carbocycles. The van der Waals surface area contributed by atoms with Crippen molar-refractivity contribution in [2.24, 2.45) is 0 Å². The second kappa shape index (κ2) is 9.67. The summed E-state index contributed by atoms with van der Waals surface area (Å²) >= 11 is 0. The minimum absolute atomic E-state index is 0.0503. The molecule has 1 aromatic rings. The van der Waals surface area contributed by atoms with Gasteiger partial charge in [0.05, 0.1) is 7.11 Å². The molecule has 0 radical (unpaired) electrons. The van der Waals surface area contributed by atoms with Crippen molar-refractivity contribution >= 4 is 23.6 Å². The number of piperazine rings is 1. The molecule has 3 rings (SSSR count). The van der Waals surface area contributed by atoms with Crippen molar-refractivity contribution in [3.63, 3.8) is 0 Å². The number of Topliss-reactive ketones (excluding diaryl/α,β-unsaturated/α-hetero) is 1. The average Bonchev–Trinajstić information content (AvgIpc) is 2.73. The molecule has 0 bridgehead atoms. The molecule has 1 aromatic carbocycles. The zero-order valence-electron chi connectivity index (χ0n) is 16.9. The lowest BCUT2D eigenvalue weighted by molar-refractivity contribution is -0.141. The number of methoxy groups -OCH3 is 1. The van der Waals surface area contributed by atoms with Crippen LogP contribution in [0.2, 0.25) is 0 Å². The summed E-state index contributed by atoms with van der Waals surface area (Å²) < 4.78 is 4.61. The molecular weight excluding hydrogens is 372 g/mol. The van der Waals surface area contributed by atoms with Crippen molar-refractivity contribution in [3.8, 4) is 0 Å². The maximum absolute atomic E-state index is 12.8. The highest BCUT2D eigenvalue weighted by Crippen LogP contribution is 2.23. The lowest BCUT2D eigenvalue weighted by Crippen LogP contribution is -2.52. The average molecular weight is 400 g/mol. The van der Waals surface area contributed by atoms with E-state index in [4.69, 9.17) is 0 Å². The summed E-state index contributed by atoms with van der Waals surface area (Å²) in [5.74, 6) is -0.275. The van der Waals surface area contributed by atoms with Gasteiger partial charge in [-0.3, -0.25) is 19.2 Å². The van der Waals surface area contributed by atoms with Gasteiger partial charge in [0.1, 0.15) is 6.54 Å². The summed E-state index contributed by atoms with van der Waals surface area (Å²) in [4.78, 5) is 51.7. The number of rotatable bonds is 7. The number of amides is 2. The Balaban J connectivity index is 1.49. The van der Waals surface area contributed by atoms with Crippen LogP contribution in [0.25, 0.3) is 0 Å². The molecule has 0 saturated carbocycles. The maximum Gasteiger partial charge on any atom is 0.305 e. The predicted molar refractivity (Wildman–Crippen MR) is 107 cm³/mol. The minimum Gasteiger partial charge on any atom is -0.469 e. The number of esters is 1. The van der Waals surface area contributed by atoms with Gasteiger partial charge in [-0.2, -0.15) is 0 Å². The third-order valence-electron chi connectivity index (χ3n) is 5.65. The maximum atomic E-state index is 12.8. The monoisotopic (exact) mass is 400 g/mol. The van der Waals surface area contributed by atoms with Gasteiger partial charge < -0.3 is 14.5 Å². The Kier molecular flexibility index (Phi) is 7.01. The zero-order chi connectivity index (χ0) is 20.8. The van der Waals surface area contributed by atoms with Crippen LogP contribution in [0.5, 0.6) is 0 Å². The molecule has 1 aliphatic heterocycles. The van der Waals surface area contributed by atoms with Gasteiger partial charge in [-0.25, -0.2) is 0 Å². The van der Waals surface area contributed by atoms with Crippen molar-refractivity contribution in [3.05, 3.63) is 34.9 Å². The number of unbranched alkanes of at least 4 members (excludes halogenated alkanes) is 2. The smallest absolute Gasteiger partial charge is 0.305 e. The third-order valence-corrected chi connectivity index (χ3v) is 5.65. The minimum atomic E-state index is -0.209. The Hall–Kier alpha value is -2.70. The number of benzene rings is 1. The molecule has 1 fully saturated rings. The molecule has 1 heterocycles. The van der Waals surface area contributed by atoms with E-state index in [0.29, 0.717) is 38.0 Å². The number of aryl methyl sites for hydroxylation is 1. The number of hydrogen-bond acceptors (Lipinski definition) is 5. The van der Waals surface area contributed by atoms with E-state index in [9.17, 15) is 19.2 Å². The number of carbonyl (C=O) groups excluding carboxylic acids is 4. The number of fused-ring (bicyclic) bond motifs is 1. The Morgan fingerprint density at radius 3 is 2.66 bits per heavy atom. The van der Waals surface area contributed by atoms with E-state index < -0.39 is 0 Å². The lowest BCUT2D eigenvalue weighted by atomic mass is 9.89. The molecule has 0 unspecified atom stereocenters. The van der Waals surface area contributed by atoms with E-state index in [1.54, 1.807) is 21.9 Å². The molecule has 2 aliphatic rings. The quantitative estimate of drug-likeness (QED) is 0.518. The van der Waals surface area contributed by atoms with Crippen molar-refractivity contribution in [2.45, 2.75) is 44.9 Å². The first kappa shape index (κ1) is 21.0. The first-order chi connectivity index (χ1) is 14.0. The van der Waals surface area contributed by atoms with Gasteiger partial charge in [-0.1, -0.05) is 12.5 Å². The highest BCUT2D eigenvalue weighted by molar-refractivity contribution is 6.01. The van der Waals surface area contributed by atoms with Crippen LogP contribution in [0.1, 0.15) is 64.8 Å². The van der Waals surface area contributed by atoms with Crippen LogP contribution < -0.4 is 0 Å². The summed E-state index contributed by atoms with van der Waals surface area (Å²) in [6, 6.07) is 5.26. The van der Waals surface area contributed by atoms with Crippen molar-refractivity contribution in [2.75, 3.05) is 33.3 Å². The number of ether oxygens (including phenoxy) is 1. The van der Waals surface area contributed by atoms with Gasteiger partial charge in [0, 0.05) is 43.6 Å². The highest BCUT2D eigenvalue weighted by Gasteiger charge is 2.28. The summed E-state index contributed by atoms with van der Waals surface area (Å²) in [6.45, 7) is 1.74. The van der Waals surface area contributed by atoms with Crippen LogP contribution in [-0.4, -0.2) is 66.7 Å². The normalized spacial score (nSPS) is 16.6. The molecule has 2 amide bonds. The Bertz CT molecular complexity index is 804. The molecule has 7 nitrogen and oxygen atoms in total. The first-order valence-corrected chi connectivity index (χ1v) is 10.3. The van der Waals surface area contributed by atoms with Gasteiger partial charge >= 0.3 is 5.97 Å². The van der Waals surface area contributed by atoms with Crippen molar-refractivity contribution in [1.82, 2.24) is 9.80 Å². The second-order valence-electron chi connectivity index (χ2n) is 7.64. The summed E-state index contributed by atoms with van der Waals surface area (Å²) in [7, 11) is 1.38. The molecule has 7 heteroatoms. The van der Waals surface area contributed by atoms with Crippen molar-refractivity contribution in [1.29, 1.82) is 0 Å². The lowest BCUT2D eigenvalue weighted by Gasteiger charge is -2.34. The van der Waals surface area contributed by atoms with Gasteiger partial charge in [0.25, 0.3) is 5.91 Å². The van der Waals surface area contributed by atoms with Gasteiger partial charge in [0.15, 0.2) is 5.78 Å². The second-order valence-corrected chi connectivity index (χ2v) is 7.64. The van der Waals surface area contributed by atoms with E-state index in [-0.39, 0.29) is 30.1 Å². The number of nitrogens with zero attached hydrogens (tertiary/aromatic N) is 2. The van der Waals surface area contributed by atoms with Gasteiger partial charge in [-0.15, -0.1) is 0 Å².